The molecule has 0 saturated heterocycles. The Morgan fingerprint density at radius 3 is 2.67 bits per heavy atom. The van der Waals surface area contributed by atoms with E-state index in [1.165, 1.54) is 0 Å². The average Bonchev–Trinajstić information content (AvgIpc) is 2.00. The van der Waals surface area contributed by atoms with Crippen molar-refractivity contribution in [2.24, 2.45) is 5.73 Å². The molecule has 0 aromatic rings. The molecule has 0 radical (unpaired) electrons. The van der Waals surface area contributed by atoms with Gasteiger partial charge in [0.1, 0.15) is 0 Å². The Labute approximate surface area is 83.1 Å². The third kappa shape index (κ3) is 5.48. The summed E-state index contributed by atoms with van der Waals surface area (Å²) in [5, 5.41) is 10.5. The fourth-order valence-electron chi connectivity index (χ4n) is 0.736. The molecule has 0 fully saturated rings. The van der Waals surface area contributed by atoms with Gasteiger partial charge in [0.15, 0.2) is 0 Å². The Morgan fingerprint density at radius 1 is 1.67 bits per heavy atom. The molecule has 0 aliphatic heterocycles. The number of hydrogen-bond acceptors (Lipinski definition) is 3. The van der Waals surface area contributed by atoms with Gasteiger partial charge in [0.05, 0.1) is 0 Å². The summed E-state index contributed by atoms with van der Waals surface area (Å²) in [6.45, 7) is -0.340. The summed E-state index contributed by atoms with van der Waals surface area (Å²) < 4.78 is 2.93. The van der Waals surface area contributed by atoms with E-state index in [9.17, 15) is 9.59 Å². The van der Waals surface area contributed by atoms with E-state index in [1.54, 1.807) is 0 Å². The second-order valence-electron chi connectivity index (χ2n) is 2.51. The van der Waals surface area contributed by atoms with Gasteiger partial charge >= 0.3 is 83.1 Å². The molecule has 0 heterocycles. The molecular formula is C6H12HgN2O3. The zero-order chi connectivity index (χ0) is 9.56. The van der Waals surface area contributed by atoms with Crippen LogP contribution in [0.4, 0.5) is 0 Å². The summed E-state index contributed by atoms with van der Waals surface area (Å²) in [7, 11) is 0. The SMILES string of the molecule is [CH3][Hg][CH2][C@H](N)C(=O)NCC(=O)O. The number of hydrogen-bond donors (Lipinski definition) is 3. The predicted molar refractivity (Wildman–Crippen MR) is 39.3 cm³/mol. The normalized spacial score (nSPS) is 11.5. The first kappa shape index (κ1) is 11.8. The zero-order valence-electron chi connectivity index (χ0n) is 7.04. The first-order valence-corrected chi connectivity index (χ1v) is 13.2. The molecule has 0 saturated carbocycles. The average molecular weight is 361 g/mol. The van der Waals surface area contributed by atoms with Crippen LogP contribution in [0.1, 0.15) is 0 Å². The third-order valence-corrected chi connectivity index (χ3v) is 6.01. The van der Waals surface area contributed by atoms with Gasteiger partial charge in [0, 0.05) is 0 Å². The molecule has 0 unspecified atom stereocenters. The Balaban J connectivity index is 3.64. The van der Waals surface area contributed by atoms with Gasteiger partial charge in [0.25, 0.3) is 0 Å². The second-order valence-corrected chi connectivity index (χ2v) is 8.64. The Kier molecular flexibility index (Phi) is 6.27. The van der Waals surface area contributed by atoms with Gasteiger partial charge in [-0.2, -0.15) is 0 Å². The van der Waals surface area contributed by atoms with Crippen molar-refractivity contribution in [2.45, 2.75) is 14.4 Å². The van der Waals surface area contributed by atoms with E-state index in [2.05, 4.69) is 9.75 Å². The van der Waals surface area contributed by atoms with Gasteiger partial charge in [-0.3, -0.25) is 0 Å². The fraction of sp³-hybridized carbons (Fsp3) is 0.667. The van der Waals surface area contributed by atoms with Crippen LogP contribution in [0.3, 0.4) is 0 Å². The fourth-order valence-corrected chi connectivity index (χ4v) is 4.17. The van der Waals surface area contributed by atoms with E-state index in [1.807, 2.05) is 0 Å². The van der Waals surface area contributed by atoms with E-state index < -0.39 is 36.6 Å². The topological polar surface area (TPSA) is 92.4 Å². The number of aliphatic carboxylic acids is 1. The van der Waals surface area contributed by atoms with Crippen LogP contribution in [0.15, 0.2) is 0 Å². The van der Waals surface area contributed by atoms with Crippen LogP contribution in [-0.4, -0.2) is 29.6 Å². The molecule has 12 heavy (non-hydrogen) atoms. The van der Waals surface area contributed by atoms with Gasteiger partial charge < -0.3 is 0 Å². The van der Waals surface area contributed by atoms with E-state index in [0.29, 0.717) is 0 Å². The van der Waals surface area contributed by atoms with Gasteiger partial charge in [-0.1, -0.05) is 0 Å². The van der Waals surface area contributed by atoms with Crippen LogP contribution < -0.4 is 11.1 Å². The summed E-state index contributed by atoms with van der Waals surface area (Å²) in [4.78, 5) is 21.0. The maximum atomic E-state index is 11.0. The molecule has 0 aliphatic rings. The molecule has 6 heteroatoms. The molecule has 5 nitrogen and oxygen atoms in total. The number of carbonyl (C=O) groups is 2. The number of carboxylic acids is 1. The molecule has 0 aromatic carbocycles. The van der Waals surface area contributed by atoms with Gasteiger partial charge in [-0.15, -0.1) is 0 Å². The van der Waals surface area contributed by atoms with E-state index >= 15 is 0 Å². The molecule has 0 bridgehead atoms. The van der Waals surface area contributed by atoms with Crippen molar-refractivity contribution in [3.8, 4) is 0 Å². The van der Waals surface area contributed by atoms with Crippen molar-refractivity contribution in [2.75, 3.05) is 6.54 Å². The molecular weight excluding hydrogens is 349 g/mol. The Hall–Kier alpha value is -0.165. The number of carbonyl (C=O) groups excluding carboxylic acids is 1. The Morgan fingerprint density at radius 2 is 2.25 bits per heavy atom. The minimum absolute atomic E-state index is 0.340. The van der Waals surface area contributed by atoms with Crippen LogP contribution in [0, 0.1) is 0 Å². The van der Waals surface area contributed by atoms with Gasteiger partial charge in [-0.05, 0) is 0 Å². The molecule has 0 aliphatic carbocycles. The van der Waals surface area contributed by atoms with Crippen molar-refractivity contribution in [3.63, 3.8) is 0 Å². The molecule has 0 aromatic heterocycles. The molecule has 0 spiro atoms. The molecule has 1 atom stereocenters. The summed E-state index contributed by atoms with van der Waals surface area (Å²) in [6, 6.07) is -0.490. The first-order chi connectivity index (χ1) is 5.57. The summed E-state index contributed by atoms with van der Waals surface area (Å²) in [5.74, 6) is -1.39. The van der Waals surface area contributed by atoms with Crippen molar-refractivity contribution in [3.05, 3.63) is 0 Å². The van der Waals surface area contributed by atoms with Gasteiger partial charge in [-0.25, -0.2) is 0 Å². The van der Waals surface area contributed by atoms with E-state index in [0.717, 1.165) is 3.93 Å². The van der Waals surface area contributed by atoms with Crippen LogP contribution in [0.2, 0.25) is 8.36 Å². The van der Waals surface area contributed by atoms with Crippen LogP contribution in [0.5, 0.6) is 0 Å². The number of rotatable bonds is 5. The summed E-state index contributed by atoms with van der Waals surface area (Å²) in [6.07, 6.45) is 0. The van der Waals surface area contributed by atoms with Crippen LogP contribution >= 0.6 is 0 Å². The van der Waals surface area contributed by atoms with Crippen molar-refractivity contribution < 1.29 is 39.3 Å². The van der Waals surface area contributed by atoms with Crippen LogP contribution in [0.25, 0.3) is 0 Å². The molecule has 4 N–H and O–H groups in total. The number of amides is 1. The molecule has 66 valence electrons. The quantitative estimate of drug-likeness (QED) is 0.552. The molecule has 0 rings (SSSR count). The first-order valence-electron chi connectivity index (χ1n) is 3.83. The maximum absolute atomic E-state index is 11.0. The minimum atomic E-state index is -1.04. The predicted octanol–water partition coefficient (Wildman–Crippen LogP) is -0.937. The van der Waals surface area contributed by atoms with Gasteiger partial charge in [0.2, 0.25) is 0 Å². The van der Waals surface area contributed by atoms with E-state index in [-0.39, 0.29) is 12.5 Å². The standard InChI is InChI=1S/C5H9N2O3.CH3.Hg/c1-3(6)5(10)7-2-4(8)9;;/h3H,1-2,6H2,(H,7,10)(H,8,9);1H3;/t3-;;/m0../s1. The van der Waals surface area contributed by atoms with Crippen molar-refractivity contribution >= 4 is 11.9 Å². The number of carboxylic acid groups (broad SMARTS) is 1. The summed E-state index contributed by atoms with van der Waals surface area (Å²) >= 11 is -0.878. The second kappa shape index (κ2) is 6.36. The van der Waals surface area contributed by atoms with E-state index in [4.69, 9.17) is 10.8 Å². The van der Waals surface area contributed by atoms with Crippen LogP contribution in [-0.2, 0) is 34.2 Å². The number of nitrogens with two attached hydrogens (primary N) is 1. The Bertz CT molecular complexity index is 174. The molecule has 1 amide bonds. The van der Waals surface area contributed by atoms with Crippen molar-refractivity contribution in [1.82, 2.24) is 5.32 Å². The zero-order valence-corrected chi connectivity index (χ0v) is 12.5. The monoisotopic (exact) mass is 362 g/mol. The van der Waals surface area contributed by atoms with Crippen molar-refractivity contribution in [1.29, 1.82) is 0 Å². The number of nitrogens with one attached hydrogen (secondary N) is 1. The third-order valence-electron chi connectivity index (χ3n) is 1.35. The summed E-state index contributed by atoms with van der Waals surface area (Å²) in [5.41, 5.74) is 5.46.